The number of amides is 2. The van der Waals surface area contributed by atoms with Crippen LogP contribution in [0.4, 0.5) is 13.6 Å². The third kappa shape index (κ3) is 4.35. The zero-order valence-electron chi connectivity index (χ0n) is 19.5. The van der Waals surface area contributed by atoms with Gasteiger partial charge in [0.1, 0.15) is 18.1 Å². The molecule has 0 spiro atoms. The molecule has 35 heavy (non-hydrogen) atoms. The van der Waals surface area contributed by atoms with Crippen molar-refractivity contribution in [2.24, 2.45) is 11.8 Å². The van der Waals surface area contributed by atoms with Gasteiger partial charge in [-0.15, -0.1) is 0 Å². The predicted molar refractivity (Wildman–Crippen MR) is 124 cm³/mol. The number of carboxylic acids is 1. The van der Waals surface area contributed by atoms with Crippen LogP contribution in [0.2, 0.25) is 0 Å². The smallest absolute Gasteiger partial charge is 0.408 e. The van der Waals surface area contributed by atoms with E-state index >= 15 is 0 Å². The second-order valence-electron chi connectivity index (χ2n) is 9.05. The Morgan fingerprint density at radius 3 is 2.03 bits per heavy atom. The average Bonchev–Trinajstić information content (AvgIpc) is 3.26. The number of halogens is 2. The molecule has 0 bridgehead atoms. The van der Waals surface area contributed by atoms with Gasteiger partial charge in [-0.1, -0.05) is 62.4 Å². The second kappa shape index (κ2) is 9.28. The summed E-state index contributed by atoms with van der Waals surface area (Å²) in [5.74, 6) is -9.03. The van der Waals surface area contributed by atoms with Crippen LogP contribution < -0.4 is 10.6 Å². The highest BCUT2D eigenvalue weighted by Crippen LogP contribution is 2.55. The molecular weight excluding hydrogens is 458 g/mol. The average molecular weight is 487 g/mol. The first-order chi connectivity index (χ1) is 16.7. The van der Waals surface area contributed by atoms with Crippen LogP contribution in [0.5, 0.6) is 0 Å². The van der Waals surface area contributed by atoms with E-state index in [0.717, 1.165) is 22.3 Å². The first-order valence-corrected chi connectivity index (χ1v) is 11.7. The third-order valence-corrected chi connectivity index (χ3v) is 7.28. The van der Waals surface area contributed by atoms with Crippen molar-refractivity contribution < 1.29 is 33.0 Å². The lowest BCUT2D eigenvalue weighted by Crippen LogP contribution is -2.58. The molecule has 2 atom stereocenters. The Kier molecular flexibility index (Phi) is 6.53. The van der Waals surface area contributed by atoms with Crippen molar-refractivity contribution in [1.82, 2.24) is 10.6 Å². The van der Waals surface area contributed by atoms with Crippen LogP contribution in [-0.2, 0) is 14.3 Å². The molecule has 0 saturated heterocycles. The van der Waals surface area contributed by atoms with E-state index in [1.165, 1.54) is 0 Å². The number of hydrogen-bond acceptors (Lipinski definition) is 4. The Bertz CT molecular complexity index is 1100. The van der Waals surface area contributed by atoms with Crippen molar-refractivity contribution in [2.75, 3.05) is 13.2 Å². The number of rotatable bonds is 9. The highest BCUT2D eigenvalue weighted by Gasteiger charge is 2.72. The van der Waals surface area contributed by atoms with Gasteiger partial charge in [-0.05, 0) is 35.1 Å². The Morgan fingerprint density at radius 2 is 1.54 bits per heavy atom. The Hall–Kier alpha value is -3.49. The highest BCUT2D eigenvalue weighted by atomic mass is 19.3. The predicted octanol–water partition coefficient (Wildman–Crippen LogP) is 4.17. The fraction of sp³-hybridized carbons (Fsp3) is 0.423. The van der Waals surface area contributed by atoms with E-state index in [2.05, 4.69) is 10.6 Å². The lowest BCUT2D eigenvalue weighted by molar-refractivity contribution is -0.141. The maximum atomic E-state index is 13.7. The first kappa shape index (κ1) is 24.6. The molecule has 2 aromatic rings. The van der Waals surface area contributed by atoms with Crippen molar-refractivity contribution in [2.45, 2.75) is 44.1 Å². The molecule has 3 N–H and O–H groups in total. The summed E-state index contributed by atoms with van der Waals surface area (Å²) in [6.45, 7) is 2.97. The van der Waals surface area contributed by atoms with Gasteiger partial charge in [-0.3, -0.25) is 9.59 Å². The molecule has 0 radical (unpaired) electrons. The van der Waals surface area contributed by atoms with Crippen LogP contribution in [0.3, 0.4) is 0 Å². The fourth-order valence-corrected chi connectivity index (χ4v) is 4.99. The first-order valence-electron chi connectivity index (χ1n) is 11.7. The van der Waals surface area contributed by atoms with Crippen LogP contribution in [0.1, 0.15) is 43.7 Å². The zero-order chi connectivity index (χ0) is 25.4. The van der Waals surface area contributed by atoms with Gasteiger partial charge in [0.2, 0.25) is 5.91 Å². The molecule has 0 aliphatic heterocycles. The number of fused-ring (bicyclic) bond motifs is 3. The highest BCUT2D eigenvalue weighted by molar-refractivity contribution is 5.90. The summed E-state index contributed by atoms with van der Waals surface area (Å²) in [6.07, 6.45) is -0.391. The van der Waals surface area contributed by atoms with Crippen molar-refractivity contribution in [3.63, 3.8) is 0 Å². The number of alkyl halides is 2. The van der Waals surface area contributed by atoms with Gasteiger partial charge in [0.25, 0.3) is 5.92 Å². The summed E-state index contributed by atoms with van der Waals surface area (Å²) >= 11 is 0. The minimum atomic E-state index is -3.36. The van der Waals surface area contributed by atoms with Crippen LogP contribution in [0.25, 0.3) is 11.1 Å². The van der Waals surface area contributed by atoms with Gasteiger partial charge in [0.15, 0.2) is 0 Å². The minimum Gasteiger partial charge on any atom is -0.481 e. The van der Waals surface area contributed by atoms with Gasteiger partial charge >= 0.3 is 12.1 Å². The SMILES string of the molecule is CCC(CC)(NC(=O)OCC1c2ccccc2-c2ccccc21)C(=O)NC[C@@H]1[C@H](C(=O)O)C1(F)F. The summed E-state index contributed by atoms with van der Waals surface area (Å²) in [4.78, 5) is 36.6. The van der Waals surface area contributed by atoms with Crippen molar-refractivity contribution in [3.05, 3.63) is 59.7 Å². The fourth-order valence-electron chi connectivity index (χ4n) is 4.99. The molecule has 2 aromatic carbocycles. The normalized spacial score (nSPS) is 19.9. The van der Waals surface area contributed by atoms with E-state index < -0.39 is 47.8 Å². The van der Waals surface area contributed by atoms with Crippen molar-refractivity contribution in [3.8, 4) is 11.1 Å². The summed E-state index contributed by atoms with van der Waals surface area (Å²) in [6, 6.07) is 15.8. The molecule has 4 rings (SSSR count). The van der Waals surface area contributed by atoms with Gasteiger partial charge in [-0.25, -0.2) is 13.6 Å². The van der Waals surface area contributed by atoms with Gasteiger partial charge < -0.3 is 20.5 Å². The number of carbonyl (C=O) groups excluding carboxylic acids is 2. The largest absolute Gasteiger partial charge is 0.481 e. The lowest BCUT2D eigenvalue weighted by Gasteiger charge is -2.31. The van der Waals surface area contributed by atoms with E-state index in [1.54, 1.807) is 13.8 Å². The maximum Gasteiger partial charge on any atom is 0.408 e. The number of alkyl carbamates (subject to hydrolysis) is 1. The number of hydrogen-bond donors (Lipinski definition) is 3. The summed E-state index contributed by atoms with van der Waals surface area (Å²) in [5.41, 5.74) is 2.91. The molecule has 9 heteroatoms. The monoisotopic (exact) mass is 486 g/mol. The molecule has 186 valence electrons. The molecule has 0 unspecified atom stereocenters. The van der Waals surface area contributed by atoms with Crippen LogP contribution in [0, 0.1) is 11.8 Å². The number of benzene rings is 2. The summed E-state index contributed by atoms with van der Waals surface area (Å²) in [7, 11) is 0. The zero-order valence-corrected chi connectivity index (χ0v) is 19.5. The van der Waals surface area contributed by atoms with Crippen LogP contribution in [-0.4, -0.2) is 47.7 Å². The van der Waals surface area contributed by atoms with Crippen molar-refractivity contribution >= 4 is 18.0 Å². The van der Waals surface area contributed by atoms with Gasteiger partial charge in [0.05, 0.1) is 5.92 Å². The maximum absolute atomic E-state index is 13.7. The number of carboxylic acid groups (broad SMARTS) is 1. The number of aliphatic carboxylic acids is 1. The Labute approximate surface area is 201 Å². The van der Waals surface area contributed by atoms with Crippen LogP contribution in [0.15, 0.2) is 48.5 Å². The third-order valence-electron chi connectivity index (χ3n) is 7.28. The minimum absolute atomic E-state index is 0.0690. The molecule has 1 saturated carbocycles. The van der Waals surface area contributed by atoms with Gasteiger partial charge in [-0.2, -0.15) is 0 Å². The molecule has 2 aliphatic rings. The molecule has 7 nitrogen and oxygen atoms in total. The standard InChI is InChI=1S/C26H28F2N2O5/c1-3-25(4-2,23(33)29-13-20-21(22(31)32)26(20,27)28)30-24(34)35-14-19-17-11-7-5-9-15(17)16-10-6-8-12-18(16)19/h5-12,19-21H,3-4,13-14H2,1-2H3,(H,29,33)(H,30,34)(H,31,32)/t20-,21-/m1/s1. The molecule has 0 aromatic heterocycles. The van der Waals surface area contributed by atoms with E-state index in [4.69, 9.17) is 9.84 Å². The van der Waals surface area contributed by atoms with E-state index in [-0.39, 0.29) is 25.4 Å². The Morgan fingerprint density at radius 1 is 1.00 bits per heavy atom. The summed E-state index contributed by atoms with van der Waals surface area (Å²) in [5, 5.41) is 13.9. The molecule has 2 amide bonds. The van der Waals surface area contributed by atoms with E-state index in [9.17, 15) is 23.2 Å². The number of nitrogens with one attached hydrogen (secondary N) is 2. The Balaban J connectivity index is 1.39. The van der Waals surface area contributed by atoms with E-state index in [1.807, 2.05) is 48.5 Å². The number of carbonyl (C=O) groups is 3. The molecule has 0 heterocycles. The second-order valence-corrected chi connectivity index (χ2v) is 9.05. The molecule has 1 fully saturated rings. The van der Waals surface area contributed by atoms with Crippen molar-refractivity contribution in [1.29, 1.82) is 0 Å². The summed E-state index contributed by atoms with van der Waals surface area (Å²) < 4.78 is 32.9. The van der Waals surface area contributed by atoms with E-state index in [0.29, 0.717) is 0 Å². The molecular formula is C26H28F2N2O5. The number of ether oxygens (including phenoxy) is 1. The topological polar surface area (TPSA) is 105 Å². The van der Waals surface area contributed by atoms with Gasteiger partial charge in [0, 0.05) is 12.5 Å². The quantitative estimate of drug-likeness (QED) is 0.494. The van der Waals surface area contributed by atoms with Crippen LogP contribution >= 0.6 is 0 Å². The lowest BCUT2D eigenvalue weighted by atomic mass is 9.91. The molecule has 2 aliphatic carbocycles.